The Morgan fingerprint density at radius 1 is 1.40 bits per heavy atom. The van der Waals surface area contributed by atoms with Gasteiger partial charge in [0.05, 0.1) is 17.7 Å². The van der Waals surface area contributed by atoms with E-state index in [2.05, 4.69) is 10.5 Å². The molecule has 1 aliphatic rings. The normalized spacial score (nSPS) is 21.1. The third kappa shape index (κ3) is 4.41. The molecule has 1 saturated heterocycles. The van der Waals surface area contributed by atoms with Crippen LogP contribution >= 0.6 is 0 Å². The zero-order chi connectivity index (χ0) is 14.6. The van der Waals surface area contributed by atoms with Crippen molar-refractivity contribution < 1.29 is 17.6 Å². The second kappa shape index (κ2) is 6.13. The van der Waals surface area contributed by atoms with E-state index in [1.807, 2.05) is 0 Å². The molecule has 1 aromatic carbocycles. The van der Waals surface area contributed by atoms with Crippen molar-refractivity contribution in [1.82, 2.24) is 5.43 Å². The number of nitrogens with zero attached hydrogens (tertiary/aromatic N) is 1. The van der Waals surface area contributed by atoms with E-state index in [0.717, 1.165) is 0 Å². The lowest BCUT2D eigenvalue weighted by molar-refractivity contribution is -0.121. The number of rotatable bonds is 4. The SMILES string of the molecule is O=C(C[C@@H]1CCS(=O)(=O)C1)N/N=C\c1ccc(F)cc1. The van der Waals surface area contributed by atoms with Crippen LogP contribution in [0.3, 0.4) is 0 Å². The molecule has 1 N–H and O–H groups in total. The summed E-state index contributed by atoms with van der Waals surface area (Å²) in [6.07, 6.45) is 2.08. The molecule has 2 rings (SSSR count). The summed E-state index contributed by atoms with van der Waals surface area (Å²) in [5, 5.41) is 3.75. The minimum Gasteiger partial charge on any atom is -0.273 e. The Balaban J connectivity index is 1.79. The highest BCUT2D eigenvalue weighted by Crippen LogP contribution is 2.21. The van der Waals surface area contributed by atoms with Crippen LogP contribution in [-0.2, 0) is 14.6 Å². The molecule has 1 amide bonds. The third-order valence-corrected chi connectivity index (χ3v) is 4.91. The molecule has 1 atom stereocenters. The summed E-state index contributed by atoms with van der Waals surface area (Å²) >= 11 is 0. The van der Waals surface area contributed by atoms with Gasteiger partial charge in [0.15, 0.2) is 9.84 Å². The summed E-state index contributed by atoms with van der Waals surface area (Å²) in [4.78, 5) is 11.6. The maximum absolute atomic E-state index is 12.7. The standard InChI is InChI=1S/C13H15FN2O3S/c14-12-3-1-10(2-4-12)8-15-16-13(17)7-11-5-6-20(18,19)9-11/h1-4,8,11H,5-7,9H2,(H,16,17)/b15-8-/t11-/m0/s1. The van der Waals surface area contributed by atoms with Crippen LogP contribution in [0.2, 0.25) is 0 Å². The summed E-state index contributed by atoms with van der Waals surface area (Å²) in [6.45, 7) is 0. The maximum atomic E-state index is 12.7. The van der Waals surface area contributed by atoms with Crippen LogP contribution in [0.25, 0.3) is 0 Å². The van der Waals surface area contributed by atoms with Gasteiger partial charge < -0.3 is 0 Å². The average Bonchev–Trinajstić information content (AvgIpc) is 2.71. The molecule has 0 bridgehead atoms. The second-order valence-electron chi connectivity index (χ2n) is 4.82. The molecule has 1 aromatic rings. The van der Waals surface area contributed by atoms with Crippen molar-refractivity contribution in [3.05, 3.63) is 35.6 Å². The predicted molar refractivity (Wildman–Crippen MR) is 73.5 cm³/mol. The number of hydrazone groups is 1. The van der Waals surface area contributed by atoms with Gasteiger partial charge in [0.2, 0.25) is 5.91 Å². The Bertz CT molecular complexity index is 611. The Hall–Kier alpha value is -1.76. The number of sulfone groups is 1. The Kier molecular flexibility index (Phi) is 4.49. The van der Waals surface area contributed by atoms with E-state index in [9.17, 15) is 17.6 Å². The molecule has 0 aromatic heterocycles. The Morgan fingerprint density at radius 3 is 2.70 bits per heavy atom. The molecule has 20 heavy (non-hydrogen) atoms. The highest BCUT2D eigenvalue weighted by Gasteiger charge is 2.29. The summed E-state index contributed by atoms with van der Waals surface area (Å²) in [7, 11) is -2.96. The van der Waals surface area contributed by atoms with Gasteiger partial charge in [-0.2, -0.15) is 5.10 Å². The Labute approximate surface area is 116 Å². The van der Waals surface area contributed by atoms with Crippen molar-refractivity contribution in [3.8, 4) is 0 Å². The first-order valence-corrected chi connectivity index (χ1v) is 8.05. The van der Waals surface area contributed by atoms with Crippen LogP contribution in [0.4, 0.5) is 4.39 Å². The van der Waals surface area contributed by atoms with Gasteiger partial charge in [0, 0.05) is 6.42 Å². The summed E-state index contributed by atoms with van der Waals surface area (Å²) in [5.74, 6) is -0.550. The van der Waals surface area contributed by atoms with Crippen molar-refractivity contribution in [2.75, 3.05) is 11.5 Å². The lowest BCUT2D eigenvalue weighted by Crippen LogP contribution is -2.21. The van der Waals surface area contributed by atoms with Crippen molar-refractivity contribution >= 4 is 22.0 Å². The topological polar surface area (TPSA) is 75.6 Å². The molecule has 108 valence electrons. The van der Waals surface area contributed by atoms with Crippen molar-refractivity contribution in [2.24, 2.45) is 11.0 Å². The molecule has 1 aliphatic heterocycles. The monoisotopic (exact) mass is 298 g/mol. The number of hydrogen-bond acceptors (Lipinski definition) is 4. The molecule has 7 heteroatoms. The molecule has 5 nitrogen and oxygen atoms in total. The number of nitrogens with one attached hydrogen (secondary N) is 1. The first-order chi connectivity index (χ1) is 9.44. The number of amides is 1. The molecule has 0 unspecified atom stereocenters. The molecule has 1 heterocycles. The summed E-state index contributed by atoms with van der Waals surface area (Å²) in [6, 6.07) is 5.67. The van der Waals surface area contributed by atoms with E-state index in [0.29, 0.717) is 12.0 Å². The fraction of sp³-hybridized carbons (Fsp3) is 0.385. The van der Waals surface area contributed by atoms with Crippen LogP contribution in [0.5, 0.6) is 0 Å². The molecule has 1 fully saturated rings. The quantitative estimate of drug-likeness (QED) is 0.668. The zero-order valence-corrected chi connectivity index (χ0v) is 11.6. The number of hydrogen-bond donors (Lipinski definition) is 1. The van der Waals surface area contributed by atoms with Crippen LogP contribution < -0.4 is 5.43 Å². The van der Waals surface area contributed by atoms with Crippen LogP contribution in [-0.4, -0.2) is 32.0 Å². The van der Waals surface area contributed by atoms with Crippen LogP contribution in [0.15, 0.2) is 29.4 Å². The summed E-state index contributed by atoms with van der Waals surface area (Å²) < 4.78 is 35.2. The number of benzene rings is 1. The van der Waals surface area contributed by atoms with E-state index in [4.69, 9.17) is 0 Å². The van der Waals surface area contributed by atoms with Crippen molar-refractivity contribution in [1.29, 1.82) is 0 Å². The first kappa shape index (κ1) is 14.6. The van der Waals surface area contributed by atoms with Gasteiger partial charge in [-0.1, -0.05) is 12.1 Å². The lowest BCUT2D eigenvalue weighted by atomic mass is 10.1. The number of carbonyl (C=O) groups excluding carboxylic acids is 1. The number of carbonyl (C=O) groups is 1. The van der Waals surface area contributed by atoms with Crippen molar-refractivity contribution in [3.63, 3.8) is 0 Å². The predicted octanol–water partition coefficient (Wildman–Crippen LogP) is 1.10. The van der Waals surface area contributed by atoms with E-state index < -0.39 is 9.84 Å². The molecule has 0 spiro atoms. The minimum absolute atomic E-state index is 0.0715. The summed E-state index contributed by atoms with van der Waals surface area (Å²) in [5.41, 5.74) is 3.00. The van der Waals surface area contributed by atoms with E-state index in [1.54, 1.807) is 0 Å². The molecule has 0 radical (unpaired) electrons. The highest BCUT2D eigenvalue weighted by molar-refractivity contribution is 7.91. The smallest absolute Gasteiger partial charge is 0.240 e. The largest absolute Gasteiger partial charge is 0.273 e. The van der Waals surface area contributed by atoms with Gasteiger partial charge in [-0.15, -0.1) is 0 Å². The van der Waals surface area contributed by atoms with Gasteiger partial charge >= 0.3 is 0 Å². The minimum atomic E-state index is -2.96. The van der Waals surface area contributed by atoms with Crippen LogP contribution in [0, 0.1) is 11.7 Å². The van der Waals surface area contributed by atoms with Gasteiger partial charge in [0.25, 0.3) is 0 Å². The van der Waals surface area contributed by atoms with E-state index in [-0.39, 0.29) is 35.6 Å². The van der Waals surface area contributed by atoms with Gasteiger partial charge in [0.1, 0.15) is 5.82 Å². The van der Waals surface area contributed by atoms with Gasteiger partial charge in [-0.3, -0.25) is 4.79 Å². The van der Waals surface area contributed by atoms with Crippen LogP contribution in [0.1, 0.15) is 18.4 Å². The molecule has 0 aliphatic carbocycles. The Morgan fingerprint density at radius 2 is 2.10 bits per heavy atom. The number of halogens is 1. The fourth-order valence-corrected chi connectivity index (χ4v) is 3.93. The highest BCUT2D eigenvalue weighted by atomic mass is 32.2. The second-order valence-corrected chi connectivity index (χ2v) is 7.05. The third-order valence-electron chi connectivity index (χ3n) is 3.07. The average molecular weight is 298 g/mol. The first-order valence-electron chi connectivity index (χ1n) is 6.22. The molecular formula is C13H15FN2O3S. The molecular weight excluding hydrogens is 283 g/mol. The molecule has 0 saturated carbocycles. The van der Waals surface area contributed by atoms with Crippen molar-refractivity contribution in [2.45, 2.75) is 12.8 Å². The van der Waals surface area contributed by atoms with E-state index in [1.165, 1.54) is 30.5 Å². The fourth-order valence-electron chi connectivity index (χ4n) is 2.07. The van der Waals surface area contributed by atoms with Gasteiger partial charge in [-0.05, 0) is 30.0 Å². The van der Waals surface area contributed by atoms with E-state index >= 15 is 0 Å². The maximum Gasteiger partial charge on any atom is 0.240 e. The zero-order valence-electron chi connectivity index (χ0n) is 10.8. The lowest BCUT2D eigenvalue weighted by Gasteiger charge is -2.05. The van der Waals surface area contributed by atoms with Gasteiger partial charge in [-0.25, -0.2) is 18.2 Å².